The first kappa shape index (κ1) is 19.7. The largest absolute Gasteiger partial charge is 0.332 e. The Balaban J connectivity index is 1.96. The Morgan fingerprint density at radius 1 is 1.21 bits per heavy atom. The van der Waals surface area contributed by atoms with Crippen LogP contribution in [0.15, 0.2) is 46.9 Å². The highest BCUT2D eigenvalue weighted by atomic mass is 127. The van der Waals surface area contributed by atoms with Gasteiger partial charge in [0, 0.05) is 24.2 Å². The standard InChI is InChI=1S/C16H10BrCl2IN2OS/c17-10-3-5-14(13(20)7-10)21-16(24)22-15(23)6-2-9-1-4-11(18)8-12(9)19/h1-8H,(H2,21,22,23,24). The van der Waals surface area contributed by atoms with Gasteiger partial charge in [-0.2, -0.15) is 0 Å². The molecular weight excluding hydrogens is 546 g/mol. The van der Waals surface area contributed by atoms with Crippen LogP contribution >= 0.6 is 73.9 Å². The number of benzene rings is 2. The molecule has 0 aliphatic heterocycles. The summed E-state index contributed by atoms with van der Waals surface area (Å²) in [6.07, 6.45) is 2.95. The van der Waals surface area contributed by atoms with E-state index in [0.29, 0.717) is 15.6 Å². The minimum absolute atomic E-state index is 0.215. The molecule has 24 heavy (non-hydrogen) atoms. The molecule has 0 aliphatic carbocycles. The molecule has 0 aromatic heterocycles. The van der Waals surface area contributed by atoms with Crippen LogP contribution in [-0.4, -0.2) is 11.0 Å². The lowest BCUT2D eigenvalue weighted by Gasteiger charge is -2.10. The summed E-state index contributed by atoms with van der Waals surface area (Å²) in [5, 5.41) is 6.78. The second kappa shape index (κ2) is 9.15. The summed E-state index contributed by atoms with van der Waals surface area (Å²) in [6.45, 7) is 0. The molecule has 0 atom stereocenters. The van der Waals surface area contributed by atoms with Crippen LogP contribution in [0.1, 0.15) is 5.56 Å². The van der Waals surface area contributed by atoms with E-state index in [1.807, 2.05) is 18.2 Å². The number of hydrogen-bond donors (Lipinski definition) is 2. The van der Waals surface area contributed by atoms with E-state index in [2.05, 4.69) is 49.2 Å². The predicted molar refractivity (Wildman–Crippen MR) is 117 cm³/mol. The second-order valence-electron chi connectivity index (χ2n) is 4.57. The van der Waals surface area contributed by atoms with E-state index in [1.165, 1.54) is 6.08 Å². The monoisotopic (exact) mass is 554 g/mol. The molecule has 2 aromatic rings. The van der Waals surface area contributed by atoms with Gasteiger partial charge in [-0.1, -0.05) is 45.2 Å². The number of carbonyl (C=O) groups is 1. The van der Waals surface area contributed by atoms with Crippen molar-refractivity contribution in [1.82, 2.24) is 5.32 Å². The van der Waals surface area contributed by atoms with Gasteiger partial charge in [0.2, 0.25) is 5.91 Å². The number of hydrogen-bond acceptors (Lipinski definition) is 2. The Morgan fingerprint density at radius 3 is 2.62 bits per heavy atom. The maximum atomic E-state index is 11.9. The number of halogens is 4. The lowest BCUT2D eigenvalue weighted by atomic mass is 10.2. The number of amides is 1. The van der Waals surface area contributed by atoms with E-state index >= 15 is 0 Å². The molecule has 3 nitrogen and oxygen atoms in total. The molecule has 0 bridgehead atoms. The average Bonchev–Trinajstić information content (AvgIpc) is 2.49. The molecule has 124 valence electrons. The Bertz CT molecular complexity index is 830. The first-order valence-electron chi connectivity index (χ1n) is 6.55. The Kier molecular flexibility index (Phi) is 7.49. The summed E-state index contributed by atoms with van der Waals surface area (Å²) in [5.41, 5.74) is 1.51. The summed E-state index contributed by atoms with van der Waals surface area (Å²) in [7, 11) is 0. The summed E-state index contributed by atoms with van der Waals surface area (Å²) < 4.78 is 1.94. The quantitative estimate of drug-likeness (QED) is 0.282. The number of nitrogens with one attached hydrogen (secondary N) is 2. The maximum Gasteiger partial charge on any atom is 0.250 e. The minimum atomic E-state index is -0.356. The summed E-state index contributed by atoms with van der Waals surface area (Å²) >= 11 is 22.6. The number of anilines is 1. The van der Waals surface area contributed by atoms with Gasteiger partial charge in [-0.05, 0) is 76.8 Å². The van der Waals surface area contributed by atoms with Crippen LogP contribution in [0.4, 0.5) is 5.69 Å². The highest BCUT2D eigenvalue weighted by molar-refractivity contribution is 14.1. The minimum Gasteiger partial charge on any atom is -0.332 e. The van der Waals surface area contributed by atoms with Crippen molar-refractivity contribution >= 4 is 96.7 Å². The van der Waals surface area contributed by atoms with Gasteiger partial charge in [0.1, 0.15) is 0 Å². The highest BCUT2D eigenvalue weighted by Gasteiger charge is 2.05. The SMILES string of the molecule is O=C(C=Cc1ccc(Cl)cc1Cl)NC(=S)Nc1ccc(Br)cc1I. The van der Waals surface area contributed by atoms with Crippen LogP contribution in [0.3, 0.4) is 0 Å². The van der Waals surface area contributed by atoms with E-state index in [4.69, 9.17) is 35.4 Å². The molecule has 0 radical (unpaired) electrons. The summed E-state index contributed by atoms with van der Waals surface area (Å²) in [6, 6.07) is 10.7. The molecule has 0 aliphatic rings. The first-order valence-corrected chi connectivity index (χ1v) is 9.59. The fourth-order valence-electron chi connectivity index (χ4n) is 1.70. The van der Waals surface area contributed by atoms with E-state index in [1.54, 1.807) is 24.3 Å². The third-order valence-electron chi connectivity index (χ3n) is 2.79. The van der Waals surface area contributed by atoms with Crippen molar-refractivity contribution in [2.45, 2.75) is 0 Å². The van der Waals surface area contributed by atoms with Gasteiger partial charge in [0.15, 0.2) is 5.11 Å². The normalized spacial score (nSPS) is 10.7. The van der Waals surface area contributed by atoms with Gasteiger partial charge in [0.25, 0.3) is 0 Å². The topological polar surface area (TPSA) is 41.1 Å². The van der Waals surface area contributed by atoms with Gasteiger partial charge in [-0.15, -0.1) is 0 Å². The predicted octanol–water partition coefficient (Wildman–Crippen LogP) is 5.89. The van der Waals surface area contributed by atoms with E-state index < -0.39 is 0 Å². The molecule has 0 unspecified atom stereocenters. The molecule has 0 saturated carbocycles. The van der Waals surface area contributed by atoms with Crippen LogP contribution in [-0.2, 0) is 4.79 Å². The van der Waals surface area contributed by atoms with Crippen molar-refractivity contribution in [1.29, 1.82) is 0 Å². The van der Waals surface area contributed by atoms with E-state index in [9.17, 15) is 4.79 Å². The van der Waals surface area contributed by atoms with Gasteiger partial charge in [0.05, 0.1) is 5.69 Å². The van der Waals surface area contributed by atoms with Crippen molar-refractivity contribution in [3.05, 3.63) is 66.1 Å². The molecule has 1 amide bonds. The third kappa shape index (κ3) is 6.00. The zero-order valence-corrected chi connectivity index (χ0v) is 18.0. The number of rotatable bonds is 3. The van der Waals surface area contributed by atoms with Crippen LogP contribution in [0.25, 0.3) is 6.08 Å². The molecular formula is C16H10BrCl2IN2OS. The third-order valence-corrected chi connectivity index (χ3v) is 4.95. The van der Waals surface area contributed by atoms with E-state index in [0.717, 1.165) is 13.7 Å². The highest BCUT2D eigenvalue weighted by Crippen LogP contribution is 2.23. The number of thiocarbonyl (C=S) groups is 1. The second-order valence-corrected chi connectivity index (χ2v) is 7.90. The molecule has 2 rings (SSSR count). The van der Waals surface area contributed by atoms with Crippen molar-refractivity contribution in [3.8, 4) is 0 Å². The van der Waals surface area contributed by atoms with Crippen molar-refractivity contribution in [2.24, 2.45) is 0 Å². The van der Waals surface area contributed by atoms with Crippen LogP contribution in [0.2, 0.25) is 10.0 Å². The van der Waals surface area contributed by atoms with Gasteiger partial charge >= 0.3 is 0 Å². The molecule has 8 heteroatoms. The Labute approximate surface area is 177 Å². The van der Waals surface area contributed by atoms with Gasteiger partial charge < -0.3 is 5.32 Å². The summed E-state index contributed by atoms with van der Waals surface area (Å²) in [5.74, 6) is -0.356. The molecule has 0 fully saturated rings. The fourth-order valence-corrected chi connectivity index (χ4v) is 3.82. The average molecular weight is 556 g/mol. The lowest BCUT2D eigenvalue weighted by Crippen LogP contribution is -2.33. The molecule has 2 N–H and O–H groups in total. The molecule has 0 spiro atoms. The van der Waals surface area contributed by atoms with Crippen LogP contribution in [0, 0.1) is 3.57 Å². The lowest BCUT2D eigenvalue weighted by molar-refractivity contribution is -0.115. The van der Waals surface area contributed by atoms with Crippen LogP contribution in [0.5, 0.6) is 0 Å². The van der Waals surface area contributed by atoms with Gasteiger partial charge in [-0.25, -0.2) is 0 Å². The summed E-state index contributed by atoms with van der Waals surface area (Å²) in [4.78, 5) is 11.9. The molecule has 0 heterocycles. The number of carbonyl (C=O) groups excluding carboxylic acids is 1. The first-order chi connectivity index (χ1) is 11.3. The smallest absolute Gasteiger partial charge is 0.250 e. The Morgan fingerprint density at radius 2 is 1.96 bits per heavy atom. The van der Waals surface area contributed by atoms with Gasteiger partial charge in [-0.3, -0.25) is 10.1 Å². The fraction of sp³-hybridized carbons (Fsp3) is 0. The van der Waals surface area contributed by atoms with Crippen molar-refractivity contribution in [2.75, 3.05) is 5.32 Å². The van der Waals surface area contributed by atoms with E-state index in [-0.39, 0.29) is 11.0 Å². The van der Waals surface area contributed by atoms with Crippen molar-refractivity contribution in [3.63, 3.8) is 0 Å². The Hall–Kier alpha value is -0.670. The maximum absolute atomic E-state index is 11.9. The molecule has 0 saturated heterocycles. The zero-order chi connectivity index (χ0) is 17.7. The van der Waals surface area contributed by atoms with Crippen LogP contribution < -0.4 is 10.6 Å². The molecule has 2 aromatic carbocycles. The zero-order valence-electron chi connectivity index (χ0n) is 11.9. The van der Waals surface area contributed by atoms with Crippen molar-refractivity contribution < 1.29 is 4.79 Å².